The van der Waals surface area contributed by atoms with Gasteiger partial charge < -0.3 is 29.7 Å². The van der Waals surface area contributed by atoms with Gasteiger partial charge in [0, 0.05) is 44.0 Å². The molecule has 2 rings (SSSR count). The molecule has 170 valence electrons. The molecule has 7 nitrogen and oxygen atoms in total. The van der Waals surface area contributed by atoms with Gasteiger partial charge >= 0.3 is 0 Å². The van der Waals surface area contributed by atoms with Crippen LogP contribution in [0.3, 0.4) is 0 Å². The number of ether oxygens (including phenoxy) is 3. The first kappa shape index (κ1) is 24.4. The van der Waals surface area contributed by atoms with E-state index in [0.717, 1.165) is 56.4 Å². The molecule has 0 radical (unpaired) electrons. The molecular formula is C23H40N4O3. The van der Waals surface area contributed by atoms with Crippen LogP contribution in [0, 0.1) is 6.92 Å². The predicted molar refractivity (Wildman–Crippen MR) is 122 cm³/mol. The zero-order chi connectivity index (χ0) is 21.8. The van der Waals surface area contributed by atoms with Crippen molar-refractivity contribution in [3.8, 4) is 5.75 Å². The molecule has 7 heteroatoms. The quantitative estimate of drug-likeness (QED) is 0.326. The van der Waals surface area contributed by atoms with E-state index in [-0.39, 0.29) is 5.54 Å². The normalized spacial score (nSPS) is 16.5. The Hall–Kier alpha value is -1.83. The van der Waals surface area contributed by atoms with E-state index in [1.807, 2.05) is 6.92 Å². The highest BCUT2D eigenvalue weighted by Gasteiger charge is 2.34. The SMILES string of the molecule is CCNC(=NCc1ccc(C)cc1OCCOCC)NCC1(N(C)C)CCOCC1. The van der Waals surface area contributed by atoms with Crippen LogP contribution in [0.25, 0.3) is 0 Å². The number of rotatable bonds is 11. The molecular weight excluding hydrogens is 380 g/mol. The summed E-state index contributed by atoms with van der Waals surface area (Å²) in [6.45, 7) is 11.8. The summed E-state index contributed by atoms with van der Waals surface area (Å²) >= 11 is 0. The first-order chi connectivity index (χ1) is 14.5. The third-order valence-electron chi connectivity index (χ3n) is 5.62. The van der Waals surface area contributed by atoms with Gasteiger partial charge in [-0.2, -0.15) is 0 Å². The second kappa shape index (κ2) is 12.8. The minimum Gasteiger partial charge on any atom is -0.491 e. The molecule has 1 aliphatic rings. The van der Waals surface area contributed by atoms with Gasteiger partial charge in [-0.1, -0.05) is 12.1 Å². The first-order valence-corrected chi connectivity index (χ1v) is 11.1. The number of nitrogens with zero attached hydrogens (tertiary/aromatic N) is 2. The fourth-order valence-electron chi connectivity index (χ4n) is 3.57. The molecule has 0 atom stereocenters. The van der Waals surface area contributed by atoms with Gasteiger partial charge in [0.15, 0.2) is 5.96 Å². The highest BCUT2D eigenvalue weighted by molar-refractivity contribution is 5.79. The van der Waals surface area contributed by atoms with Crippen molar-refractivity contribution >= 4 is 5.96 Å². The van der Waals surface area contributed by atoms with Crippen LogP contribution >= 0.6 is 0 Å². The first-order valence-electron chi connectivity index (χ1n) is 11.1. The van der Waals surface area contributed by atoms with E-state index < -0.39 is 0 Å². The van der Waals surface area contributed by atoms with Gasteiger partial charge in [-0.3, -0.25) is 0 Å². The molecule has 0 aromatic heterocycles. The Kier molecular flexibility index (Phi) is 10.4. The molecule has 30 heavy (non-hydrogen) atoms. The molecule has 1 fully saturated rings. The van der Waals surface area contributed by atoms with Gasteiger partial charge in [0.25, 0.3) is 0 Å². The van der Waals surface area contributed by atoms with Crippen molar-refractivity contribution in [2.45, 2.75) is 45.7 Å². The molecule has 1 aromatic carbocycles. The second-order valence-electron chi connectivity index (χ2n) is 7.94. The maximum atomic E-state index is 5.96. The van der Waals surface area contributed by atoms with Crippen LogP contribution in [0.1, 0.15) is 37.8 Å². The summed E-state index contributed by atoms with van der Waals surface area (Å²) in [6, 6.07) is 6.27. The van der Waals surface area contributed by atoms with Crippen LogP contribution in [-0.2, 0) is 16.0 Å². The van der Waals surface area contributed by atoms with Gasteiger partial charge in [-0.25, -0.2) is 4.99 Å². The summed E-state index contributed by atoms with van der Waals surface area (Å²) < 4.78 is 16.9. The van der Waals surface area contributed by atoms with Crippen LogP contribution in [0.4, 0.5) is 0 Å². The molecule has 1 saturated heterocycles. The maximum Gasteiger partial charge on any atom is 0.191 e. The van der Waals surface area contributed by atoms with Crippen molar-refractivity contribution in [2.75, 3.05) is 60.2 Å². The molecule has 0 amide bonds. The zero-order valence-corrected chi connectivity index (χ0v) is 19.4. The summed E-state index contributed by atoms with van der Waals surface area (Å²) in [5.74, 6) is 1.70. The topological polar surface area (TPSA) is 67.4 Å². The van der Waals surface area contributed by atoms with E-state index >= 15 is 0 Å². The Bertz CT molecular complexity index is 658. The average Bonchev–Trinajstić information content (AvgIpc) is 2.74. The van der Waals surface area contributed by atoms with Gasteiger partial charge in [-0.15, -0.1) is 0 Å². The molecule has 1 aromatic rings. The molecule has 0 aliphatic carbocycles. The summed E-state index contributed by atoms with van der Waals surface area (Å²) in [6.07, 6.45) is 2.03. The standard InChI is InChI=1S/C23H40N4O3/c1-6-24-22(26-18-23(27(4)5)10-12-29-13-11-23)25-17-20-9-8-19(3)16-21(20)30-15-14-28-7-2/h8-9,16H,6-7,10-15,17-18H2,1-5H3,(H2,24,25,26). The predicted octanol–water partition coefficient (Wildman–Crippen LogP) is 2.58. The fraction of sp³-hybridized carbons (Fsp3) is 0.696. The number of guanidine groups is 1. The number of likely N-dealkylation sites (N-methyl/N-ethyl adjacent to an activating group) is 1. The van der Waals surface area contributed by atoms with Crippen LogP contribution in [0.15, 0.2) is 23.2 Å². The van der Waals surface area contributed by atoms with Gasteiger partial charge in [-0.05, 0) is 59.3 Å². The van der Waals surface area contributed by atoms with Crippen LogP contribution in [0.5, 0.6) is 5.75 Å². The van der Waals surface area contributed by atoms with Crippen molar-refractivity contribution in [2.24, 2.45) is 4.99 Å². The number of aliphatic imine (C=N–C) groups is 1. The number of hydrogen-bond donors (Lipinski definition) is 2. The minimum absolute atomic E-state index is 0.0891. The van der Waals surface area contributed by atoms with Crippen molar-refractivity contribution < 1.29 is 14.2 Å². The lowest BCUT2D eigenvalue weighted by Crippen LogP contribution is -2.57. The molecule has 1 aliphatic heterocycles. The summed E-state index contributed by atoms with van der Waals surface area (Å²) in [7, 11) is 4.30. The third-order valence-corrected chi connectivity index (χ3v) is 5.62. The van der Waals surface area contributed by atoms with E-state index in [1.54, 1.807) is 0 Å². The highest BCUT2D eigenvalue weighted by atomic mass is 16.5. The lowest BCUT2D eigenvalue weighted by atomic mass is 9.88. The zero-order valence-electron chi connectivity index (χ0n) is 19.4. The van der Waals surface area contributed by atoms with Gasteiger partial charge in [0.2, 0.25) is 0 Å². The Balaban J connectivity index is 2.04. The summed E-state index contributed by atoms with van der Waals surface area (Å²) in [5, 5.41) is 6.92. The number of benzene rings is 1. The van der Waals surface area contributed by atoms with E-state index in [1.165, 1.54) is 5.56 Å². The Morgan fingerprint density at radius 2 is 1.93 bits per heavy atom. The van der Waals surface area contributed by atoms with E-state index in [4.69, 9.17) is 19.2 Å². The van der Waals surface area contributed by atoms with Gasteiger partial charge in [0.1, 0.15) is 12.4 Å². The Morgan fingerprint density at radius 3 is 2.60 bits per heavy atom. The molecule has 2 N–H and O–H groups in total. The molecule has 0 bridgehead atoms. The molecule has 1 heterocycles. The van der Waals surface area contributed by atoms with Crippen molar-refractivity contribution in [3.63, 3.8) is 0 Å². The Labute approximate surface area is 182 Å². The van der Waals surface area contributed by atoms with Crippen LogP contribution in [0.2, 0.25) is 0 Å². The van der Waals surface area contributed by atoms with Gasteiger partial charge in [0.05, 0.1) is 13.2 Å². The molecule has 0 spiro atoms. The minimum atomic E-state index is 0.0891. The lowest BCUT2D eigenvalue weighted by Gasteiger charge is -2.43. The Morgan fingerprint density at radius 1 is 1.17 bits per heavy atom. The smallest absolute Gasteiger partial charge is 0.191 e. The van der Waals surface area contributed by atoms with Crippen molar-refractivity contribution in [1.29, 1.82) is 0 Å². The number of aryl methyl sites for hydroxylation is 1. The summed E-state index contributed by atoms with van der Waals surface area (Å²) in [5.41, 5.74) is 2.33. The van der Waals surface area contributed by atoms with E-state index in [2.05, 4.69) is 61.7 Å². The number of nitrogens with one attached hydrogen (secondary N) is 2. The monoisotopic (exact) mass is 420 g/mol. The molecule has 0 saturated carbocycles. The number of hydrogen-bond acceptors (Lipinski definition) is 5. The van der Waals surface area contributed by atoms with E-state index in [0.29, 0.717) is 26.4 Å². The van der Waals surface area contributed by atoms with Crippen LogP contribution < -0.4 is 15.4 Å². The average molecular weight is 421 g/mol. The largest absolute Gasteiger partial charge is 0.491 e. The summed E-state index contributed by atoms with van der Waals surface area (Å²) in [4.78, 5) is 7.14. The maximum absolute atomic E-state index is 5.96. The third kappa shape index (κ3) is 7.45. The second-order valence-corrected chi connectivity index (χ2v) is 7.94. The lowest BCUT2D eigenvalue weighted by molar-refractivity contribution is -0.00501. The fourth-order valence-corrected chi connectivity index (χ4v) is 3.57. The van der Waals surface area contributed by atoms with Crippen molar-refractivity contribution in [1.82, 2.24) is 15.5 Å². The van der Waals surface area contributed by atoms with E-state index in [9.17, 15) is 0 Å². The van der Waals surface area contributed by atoms with Crippen molar-refractivity contribution in [3.05, 3.63) is 29.3 Å². The molecule has 0 unspecified atom stereocenters. The highest BCUT2D eigenvalue weighted by Crippen LogP contribution is 2.25. The van der Waals surface area contributed by atoms with Crippen LogP contribution in [-0.4, -0.2) is 76.6 Å².